The SMILES string of the molecule is CC1NC(=O)CC12CCC(C)(C)CC2. The van der Waals surface area contributed by atoms with E-state index < -0.39 is 0 Å². The zero-order valence-corrected chi connectivity index (χ0v) is 9.52. The first-order chi connectivity index (χ1) is 6.44. The van der Waals surface area contributed by atoms with Gasteiger partial charge in [0, 0.05) is 12.5 Å². The lowest BCUT2D eigenvalue weighted by Gasteiger charge is -2.42. The summed E-state index contributed by atoms with van der Waals surface area (Å²) in [5.74, 6) is 0.261. The molecule has 1 aliphatic carbocycles. The number of rotatable bonds is 0. The van der Waals surface area contributed by atoms with Crippen molar-refractivity contribution in [1.29, 1.82) is 0 Å². The van der Waals surface area contributed by atoms with Crippen molar-refractivity contribution >= 4 is 5.91 Å². The molecule has 1 N–H and O–H groups in total. The Labute approximate surface area is 86.5 Å². The van der Waals surface area contributed by atoms with Crippen LogP contribution in [0.2, 0.25) is 0 Å². The zero-order valence-electron chi connectivity index (χ0n) is 9.52. The van der Waals surface area contributed by atoms with Crippen molar-refractivity contribution in [2.45, 2.75) is 58.9 Å². The predicted octanol–water partition coefficient (Wildman–Crippen LogP) is 2.48. The second-order valence-corrected chi connectivity index (χ2v) is 5.99. The van der Waals surface area contributed by atoms with Gasteiger partial charge in [-0.25, -0.2) is 0 Å². The third kappa shape index (κ3) is 1.55. The molecule has 2 nitrogen and oxygen atoms in total. The van der Waals surface area contributed by atoms with Gasteiger partial charge >= 0.3 is 0 Å². The number of amides is 1. The average Bonchev–Trinajstić information content (AvgIpc) is 2.35. The van der Waals surface area contributed by atoms with Gasteiger partial charge in [0.15, 0.2) is 0 Å². The van der Waals surface area contributed by atoms with Crippen molar-refractivity contribution in [3.05, 3.63) is 0 Å². The molecule has 14 heavy (non-hydrogen) atoms. The predicted molar refractivity (Wildman–Crippen MR) is 56.9 cm³/mol. The Morgan fingerprint density at radius 2 is 1.79 bits per heavy atom. The van der Waals surface area contributed by atoms with Crippen molar-refractivity contribution in [2.75, 3.05) is 0 Å². The fourth-order valence-electron chi connectivity index (χ4n) is 2.95. The third-order valence-corrected chi connectivity index (χ3v) is 4.41. The van der Waals surface area contributed by atoms with Crippen LogP contribution >= 0.6 is 0 Å². The van der Waals surface area contributed by atoms with Crippen LogP contribution in [0, 0.1) is 10.8 Å². The fraction of sp³-hybridized carbons (Fsp3) is 0.917. The number of hydrogen-bond acceptors (Lipinski definition) is 1. The molecular weight excluding hydrogens is 174 g/mol. The number of hydrogen-bond donors (Lipinski definition) is 1. The van der Waals surface area contributed by atoms with Gasteiger partial charge in [-0.05, 0) is 43.4 Å². The van der Waals surface area contributed by atoms with Gasteiger partial charge < -0.3 is 5.32 Å². The molecule has 2 fully saturated rings. The maximum atomic E-state index is 11.4. The maximum absolute atomic E-state index is 11.4. The molecule has 0 aromatic rings. The first-order valence-electron chi connectivity index (χ1n) is 5.73. The Balaban J connectivity index is 2.09. The second kappa shape index (κ2) is 2.98. The molecule has 2 aliphatic rings. The highest BCUT2D eigenvalue weighted by atomic mass is 16.2. The summed E-state index contributed by atoms with van der Waals surface area (Å²) < 4.78 is 0. The lowest BCUT2D eigenvalue weighted by molar-refractivity contribution is -0.120. The van der Waals surface area contributed by atoms with Crippen LogP contribution in [-0.2, 0) is 4.79 Å². The van der Waals surface area contributed by atoms with Crippen LogP contribution in [0.4, 0.5) is 0 Å². The zero-order chi connectivity index (χ0) is 10.4. The number of carbonyl (C=O) groups excluding carboxylic acids is 1. The van der Waals surface area contributed by atoms with E-state index in [0.29, 0.717) is 16.9 Å². The van der Waals surface area contributed by atoms with Crippen molar-refractivity contribution in [3.8, 4) is 0 Å². The van der Waals surface area contributed by atoms with Gasteiger partial charge in [-0.3, -0.25) is 4.79 Å². The summed E-state index contributed by atoms with van der Waals surface area (Å²) in [5.41, 5.74) is 0.795. The molecule has 2 rings (SSSR count). The molecule has 1 saturated carbocycles. The van der Waals surface area contributed by atoms with E-state index in [1.54, 1.807) is 0 Å². The Hall–Kier alpha value is -0.530. The molecule has 0 aromatic carbocycles. The van der Waals surface area contributed by atoms with Gasteiger partial charge in [0.05, 0.1) is 0 Å². The topological polar surface area (TPSA) is 29.1 Å². The van der Waals surface area contributed by atoms with Crippen molar-refractivity contribution < 1.29 is 4.79 Å². The maximum Gasteiger partial charge on any atom is 0.220 e. The van der Waals surface area contributed by atoms with Gasteiger partial charge in [0.2, 0.25) is 5.91 Å². The molecule has 0 radical (unpaired) electrons. The van der Waals surface area contributed by atoms with Crippen molar-refractivity contribution in [3.63, 3.8) is 0 Å². The van der Waals surface area contributed by atoms with E-state index in [0.717, 1.165) is 6.42 Å². The van der Waals surface area contributed by atoms with Crippen LogP contribution in [0.15, 0.2) is 0 Å². The molecule has 1 saturated heterocycles. The van der Waals surface area contributed by atoms with Crippen molar-refractivity contribution in [1.82, 2.24) is 5.32 Å². The first kappa shape index (κ1) is 10.0. The van der Waals surface area contributed by atoms with Gasteiger partial charge in [-0.2, -0.15) is 0 Å². The molecular formula is C12H21NO. The molecule has 2 heteroatoms. The smallest absolute Gasteiger partial charge is 0.220 e. The van der Waals surface area contributed by atoms with Crippen molar-refractivity contribution in [2.24, 2.45) is 10.8 Å². The molecule has 1 aliphatic heterocycles. The minimum absolute atomic E-state index is 0.261. The third-order valence-electron chi connectivity index (χ3n) is 4.41. The molecule has 1 atom stereocenters. The summed E-state index contributed by atoms with van der Waals surface area (Å²) >= 11 is 0. The second-order valence-electron chi connectivity index (χ2n) is 5.99. The van der Waals surface area contributed by atoms with Gasteiger partial charge in [0.25, 0.3) is 0 Å². The highest BCUT2D eigenvalue weighted by Crippen LogP contribution is 2.50. The summed E-state index contributed by atoms with van der Waals surface area (Å²) in [6.07, 6.45) is 5.75. The van der Waals surface area contributed by atoms with E-state index >= 15 is 0 Å². The summed E-state index contributed by atoms with van der Waals surface area (Å²) in [6, 6.07) is 0.395. The summed E-state index contributed by atoms with van der Waals surface area (Å²) in [7, 11) is 0. The summed E-state index contributed by atoms with van der Waals surface area (Å²) in [6.45, 7) is 6.85. The number of nitrogens with one attached hydrogen (secondary N) is 1. The summed E-state index contributed by atoms with van der Waals surface area (Å²) in [5, 5.41) is 3.07. The Kier molecular flexibility index (Phi) is 2.13. The lowest BCUT2D eigenvalue weighted by Crippen LogP contribution is -2.39. The van der Waals surface area contributed by atoms with E-state index in [-0.39, 0.29) is 5.91 Å². The van der Waals surface area contributed by atoms with E-state index in [1.165, 1.54) is 25.7 Å². The first-order valence-corrected chi connectivity index (χ1v) is 5.73. The van der Waals surface area contributed by atoms with E-state index in [4.69, 9.17) is 0 Å². The molecule has 0 aromatic heterocycles. The standard InChI is InChI=1S/C12H21NO/c1-9-12(8-10(14)13-9)6-4-11(2,3)5-7-12/h9H,4-8H2,1-3H3,(H,13,14). The minimum Gasteiger partial charge on any atom is -0.353 e. The van der Waals surface area contributed by atoms with Crippen LogP contribution < -0.4 is 5.32 Å². The average molecular weight is 195 g/mol. The molecule has 1 amide bonds. The van der Waals surface area contributed by atoms with Gasteiger partial charge in [-0.1, -0.05) is 13.8 Å². The highest BCUT2D eigenvalue weighted by molar-refractivity contribution is 5.79. The Morgan fingerprint density at radius 3 is 2.21 bits per heavy atom. The monoisotopic (exact) mass is 195 g/mol. The molecule has 80 valence electrons. The number of carbonyl (C=O) groups is 1. The lowest BCUT2D eigenvalue weighted by atomic mass is 9.62. The van der Waals surface area contributed by atoms with Gasteiger partial charge in [0.1, 0.15) is 0 Å². The van der Waals surface area contributed by atoms with E-state index in [1.807, 2.05) is 0 Å². The quantitative estimate of drug-likeness (QED) is 0.632. The van der Waals surface area contributed by atoms with Crippen LogP contribution in [0.1, 0.15) is 52.9 Å². The fourth-order valence-corrected chi connectivity index (χ4v) is 2.95. The van der Waals surface area contributed by atoms with Crippen LogP contribution in [-0.4, -0.2) is 11.9 Å². The Bertz CT molecular complexity index is 247. The van der Waals surface area contributed by atoms with Crippen LogP contribution in [0.3, 0.4) is 0 Å². The largest absolute Gasteiger partial charge is 0.353 e. The normalized spacial score (nSPS) is 34.5. The summed E-state index contributed by atoms with van der Waals surface area (Å²) in [4.78, 5) is 11.4. The molecule has 1 unspecified atom stereocenters. The Morgan fingerprint density at radius 1 is 1.21 bits per heavy atom. The van der Waals surface area contributed by atoms with Crippen LogP contribution in [0.5, 0.6) is 0 Å². The molecule has 1 heterocycles. The highest BCUT2D eigenvalue weighted by Gasteiger charge is 2.47. The molecule has 0 bridgehead atoms. The van der Waals surface area contributed by atoms with Crippen LogP contribution in [0.25, 0.3) is 0 Å². The minimum atomic E-state index is 0.261. The van der Waals surface area contributed by atoms with Gasteiger partial charge in [-0.15, -0.1) is 0 Å². The van der Waals surface area contributed by atoms with E-state index in [2.05, 4.69) is 26.1 Å². The molecule has 1 spiro atoms. The van der Waals surface area contributed by atoms with E-state index in [9.17, 15) is 4.79 Å².